The number of nitrogens with zero attached hydrogens (tertiary/aromatic N) is 1. The summed E-state index contributed by atoms with van der Waals surface area (Å²) in [5.74, 6) is 0.158. The molecule has 0 aliphatic rings. The highest BCUT2D eigenvalue weighted by Crippen LogP contribution is 2.22. The minimum Gasteiger partial charge on any atom is -0.341 e. The first-order chi connectivity index (χ1) is 10.7. The molecule has 1 heterocycles. The average molecular weight is 337 g/mol. The summed E-state index contributed by atoms with van der Waals surface area (Å²) in [5.41, 5.74) is 6.88. The Labute approximate surface area is 140 Å². The summed E-state index contributed by atoms with van der Waals surface area (Å²) in [4.78, 5) is 15.4. The minimum absolute atomic E-state index is 0.158. The quantitative estimate of drug-likeness (QED) is 0.803. The van der Waals surface area contributed by atoms with Crippen LogP contribution < -0.4 is 5.73 Å². The number of benzene rings is 1. The summed E-state index contributed by atoms with van der Waals surface area (Å²) in [5, 5.41) is 0. The van der Waals surface area contributed by atoms with Gasteiger partial charge in [0, 0.05) is 30.9 Å². The van der Waals surface area contributed by atoms with Crippen LogP contribution in [0.1, 0.15) is 16.9 Å². The van der Waals surface area contributed by atoms with Crippen LogP contribution in [0.3, 0.4) is 0 Å². The van der Waals surface area contributed by atoms with Gasteiger partial charge in [-0.25, -0.2) is 0 Å². The summed E-state index contributed by atoms with van der Waals surface area (Å²) < 4.78 is 0.769. The van der Waals surface area contributed by atoms with Crippen LogP contribution in [0.25, 0.3) is 0 Å². The predicted octanol–water partition coefficient (Wildman–Crippen LogP) is 3.36. The number of aryl methyl sites for hydroxylation is 1. The van der Waals surface area contributed by atoms with E-state index in [2.05, 4.69) is 12.1 Å². The van der Waals surface area contributed by atoms with Gasteiger partial charge in [0.25, 0.3) is 0 Å². The van der Waals surface area contributed by atoms with E-state index in [1.807, 2.05) is 35.2 Å². The summed E-state index contributed by atoms with van der Waals surface area (Å²) in [6, 6.07) is 14.1. The minimum atomic E-state index is 0.158. The number of amides is 1. The lowest BCUT2D eigenvalue weighted by Gasteiger charge is -2.22. The molecule has 0 aliphatic carbocycles. The second-order valence-electron chi connectivity index (χ2n) is 5.11. The van der Waals surface area contributed by atoms with Crippen molar-refractivity contribution in [3.8, 4) is 0 Å². The highest BCUT2D eigenvalue weighted by molar-refractivity contribution is 7.16. The van der Waals surface area contributed by atoms with Gasteiger partial charge in [-0.15, -0.1) is 11.3 Å². The van der Waals surface area contributed by atoms with Crippen LogP contribution in [0.2, 0.25) is 4.34 Å². The molecule has 0 unspecified atom stereocenters. The molecule has 0 saturated heterocycles. The number of carbonyl (C=O) groups is 1. The number of hydrogen-bond donors (Lipinski definition) is 1. The van der Waals surface area contributed by atoms with Gasteiger partial charge >= 0.3 is 0 Å². The third kappa shape index (κ3) is 5.44. The first-order valence-electron chi connectivity index (χ1n) is 7.45. The Morgan fingerprint density at radius 2 is 1.86 bits per heavy atom. The van der Waals surface area contributed by atoms with Crippen molar-refractivity contribution in [3.05, 3.63) is 57.2 Å². The average Bonchev–Trinajstić information content (AvgIpc) is 2.95. The number of thiophene rings is 1. The van der Waals surface area contributed by atoms with Crippen molar-refractivity contribution < 1.29 is 4.79 Å². The topological polar surface area (TPSA) is 46.3 Å². The lowest BCUT2D eigenvalue weighted by molar-refractivity contribution is -0.131. The van der Waals surface area contributed by atoms with Crippen molar-refractivity contribution in [2.45, 2.75) is 19.3 Å². The van der Waals surface area contributed by atoms with Gasteiger partial charge in [-0.3, -0.25) is 4.79 Å². The van der Waals surface area contributed by atoms with Gasteiger partial charge in [0.15, 0.2) is 0 Å². The van der Waals surface area contributed by atoms with Gasteiger partial charge in [-0.05, 0) is 30.5 Å². The Bertz CT molecular complexity index is 585. The Balaban J connectivity index is 1.84. The van der Waals surface area contributed by atoms with E-state index < -0.39 is 0 Å². The SMILES string of the molecule is NCCN(CCc1ccccc1)C(=O)CCc1ccc(Cl)s1. The van der Waals surface area contributed by atoms with Gasteiger partial charge in [-0.2, -0.15) is 0 Å². The van der Waals surface area contributed by atoms with Crippen molar-refractivity contribution in [1.82, 2.24) is 4.90 Å². The van der Waals surface area contributed by atoms with Crippen LogP contribution in [-0.2, 0) is 17.6 Å². The van der Waals surface area contributed by atoms with Crippen LogP contribution in [0.5, 0.6) is 0 Å². The van der Waals surface area contributed by atoms with Crippen LogP contribution in [0, 0.1) is 0 Å². The van der Waals surface area contributed by atoms with E-state index in [9.17, 15) is 4.79 Å². The Morgan fingerprint density at radius 1 is 1.09 bits per heavy atom. The zero-order chi connectivity index (χ0) is 15.8. The molecule has 1 aromatic carbocycles. The highest BCUT2D eigenvalue weighted by atomic mass is 35.5. The molecule has 0 aliphatic heterocycles. The molecule has 2 N–H and O–H groups in total. The van der Waals surface area contributed by atoms with E-state index in [0.717, 1.165) is 22.1 Å². The molecule has 0 radical (unpaired) electrons. The number of hydrogen-bond acceptors (Lipinski definition) is 3. The summed E-state index contributed by atoms with van der Waals surface area (Å²) in [6.07, 6.45) is 2.10. The van der Waals surface area contributed by atoms with Crippen LogP contribution in [0.15, 0.2) is 42.5 Å². The molecule has 0 fully saturated rings. The molecule has 0 bridgehead atoms. The zero-order valence-electron chi connectivity index (χ0n) is 12.5. The highest BCUT2D eigenvalue weighted by Gasteiger charge is 2.13. The molecule has 1 aromatic heterocycles. The second kappa shape index (κ2) is 8.93. The molecule has 1 amide bonds. The van der Waals surface area contributed by atoms with Crippen LogP contribution in [-0.4, -0.2) is 30.4 Å². The molecular formula is C17H21ClN2OS. The van der Waals surface area contributed by atoms with Crippen molar-refractivity contribution >= 4 is 28.8 Å². The van der Waals surface area contributed by atoms with Crippen molar-refractivity contribution in [1.29, 1.82) is 0 Å². The molecule has 0 saturated carbocycles. The van der Waals surface area contributed by atoms with Gasteiger partial charge in [-0.1, -0.05) is 41.9 Å². The molecule has 0 spiro atoms. The van der Waals surface area contributed by atoms with Crippen molar-refractivity contribution in [3.63, 3.8) is 0 Å². The van der Waals surface area contributed by atoms with E-state index >= 15 is 0 Å². The first kappa shape index (κ1) is 17.0. The number of rotatable bonds is 8. The molecule has 22 heavy (non-hydrogen) atoms. The smallest absolute Gasteiger partial charge is 0.222 e. The van der Waals surface area contributed by atoms with E-state index in [-0.39, 0.29) is 5.91 Å². The van der Waals surface area contributed by atoms with Crippen molar-refractivity contribution in [2.24, 2.45) is 5.73 Å². The lowest BCUT2D eigenvalue weighted by atomic mass is 10.1. The Morgan fingerprint density at radius 3 is 2.50 bits per heavy atom. The maximum Gasteiger partial charge on any atom is 0.222 e. The monoisotopic (exact) mass is 336 g/mol. The van der Waals surface area contributed by atoms with E-state index in [4.69, 9.17) is 17.3 Å². The molecule has 118 valence electrons. The molecule has 0 atom stereocenters. The summed E-state index contributed by atoms with van der Waals surface area (Å²) in [6.45, 7) is 1.81. The van der Waals surface area contributed by atoms with Gasteiger partial charge in [0.2, 0.25) is 5.91 Å². The second-order valence-corrected chi connectivity index (χ2v) is 6.91. The Hall–Kier alpha value is -1.36. The maximum absolute atomic E-state index is 12.4. The van der Waals surface area contributed by atoms with Crippen molar-refractivity contribution in [2.75, 3.05) is 19.6 Å². The van der Waals surface area contributed by atoms with Gasteiger partial charge in [0.1, 0.15) is 0 Å². The number of nitrogens with two attached hydrogens (primary N) is 1. The number of halogens is 1. The normalized spacial score (nSPS) is 10.6. The van der Waals surface area contributed by atoms with Crippen LogP contribution in [0.4, 0.5) is 0 Å². The standard InChI is InChI=1S/C17H21ClN2OS/c18-16-8-6-15(22-16)7-9-17(21)20(13-11-19)12-10-14-4-2-1-3-5-14/h1-6,8H,7,9-13,19H2. The molecule has 2 aromatic rings. The fourth-order valence-corrected chi connectivity index (χ4v) is 3.39. The van der Waals surface area contributed by atoms with Gasteiger partial charge < -0.3 is 10.6 Å². The molecule has 3 nitrogen and oxygen atoms in total. The zero-order valence-corrected chi connectivity index (χ0v) is 14.1. The predicted molar refractivity (Wildman–Crippen MR) is 93.4 cm³/mol. The first-order valence-corrected chi connectivity index (χ1v) is 8.64. The van der Waals surface area contributed by atoms with Gasteiger partial charge in [0.05, 0.1) is 4.34 Å². The largest absolute Gasteiger partial charge is 0.341 e. The Kier molecular flexibility index (Phi) is 6.90. The number of carbonyl (C=O) groups excluding carboxylic acids is 1. The van der Waals surface area contributed by atoms with E-state index in [1.165, 1.54) is 16.9 Å². The third-order valence-corrected chi connectivity index (χ3v) is 4.77. The third-order valence-electron chi connectivity index (χ3n) is 3.48. The lowest BCUT2D eigenvalue weighted by Crippen LogP contribution is -2.37. The van der Waals surface area contributed by atoms with Crippen LogP contribution >= 0.6 is 22.9 Å². The summed E-state index contributed by atoms with van der Waals surface area (Å²) >= 11 is 7.45. The maximum atomic E-state index is 12.4. The molecule has 2 rings (SSSR count). The molecular weight excluding hydrogens is 316 g/mol. The summed E-state index contributed by atoms with van der Waals surface area (Å²) in [7, 11) is 0. The van der Waals surface area contributed by atoms with E-state index in [1.54, 1.807) is 0 Å². The van der Waals surface area contributed by atoms with E-state index in [0.29, 0.717) is 26.1 Å². The fourth-order valence-electron chi connectivity index (χ4n) is 2.30. The fraction of sp³-hybridized carbons (Fsp3) is 0.353. The molecule has 5 heteroatoms.